The molecule has 2 fully saturated rings. The predicted molar refractivity (Wildman–Crippen MR) is 131 cm³/mol. The largest absolute Gasteiger partial charge is 0.466 e. The Balaban J connectivity index is 1.39. The van der Waals surface area contributed by atoms with Gasteiger partial charge in [0.2, 0.25) is 11.8 Å². The number of esters is 1. The van der Waals surface area contributed by atoms with Gasteiger partial charge >= 0.3 is 5.97 Å². The van der Waals surface area contributed by atoms with Crippen LogP contribution < -0.4 is 4.90 Å². The molecule has 186 valence electrons. The van der Waals surface area contributed by atoms with Crippen LogP contribution in [0.4, 0.5) is 10.1 Å². The number of hydrogen-bond donors (Lipinski definition) is 0. The quantitative estimate of drug-likeness (QED) is 0.522. The molecule has 1 heterocycles. The highest BCUT2D eigenvalue weighted by atomic mass is 19.1. The lowest BCUT2D eigenvalue weighted by Gasteiger charge is -2.32. The van der Waals surface area contributed by atoms with E-state index in [1.807, 2.05) is 30.3 Å². The topological polar surface area (TPSA) is 66.9 Å². The molecular weight excluding hydrogens is 447 g/mol. The van der Waals surface area contributed by atoms with E-state index in [1.165, 1.54) is 12.1 Å². The lowest BCUT2D eigenvalue weighted by Crippen LogP contribution is -2.41. The molecule has 0 spiro atoms. The SMILES string of the molecule is CCOC(=O)C1CCN(C(=O)Cc2ccc(N(Cc3cccc(F)c3)C(=O)C3CCC3)cc2)CC1. The number of likely N-dealkylation sites (tertiary alicyclic amines) is 1. The van der Waals surface area contributed by atoms with E-state index in [0.717, 1.165) is 36.1 Å². The number of rotatable bonds is 8. The van der Waals surface area contributed by atoms with Gasteiger partial charge in [0.25, 0.3) is 0 Å². The van der Waals surface area contributed by atoms with Gasteiger partial charge in [-0.1, -0.05) is 30.7 Å². The van der Waals surface area contributed by atoms with Crippen LogP contribution in [0, 0.1) is 17.7 Å². The van der Waals surface area contributed by atoms with Crippen molar-refractivity contribution in [3.8, 4) is 0 Å². The second-order valence-electron chi connectivity index (χ2n) is 9.43. The van der Waals surface area contributed by atoms with Crippen LogP contribution in [0.25, 0.3) is 0 Å². The normalized spacial score (nSPS) is 16.5. The molecule has 1 aliphatic carbocycles. The maximum atomic E-state index is 13.7. The number of amides is 2. The fourth-order valence-electron chi connectivity index (χ4n) is 4.69. The minimum atomic E-state index is -0.321. The lowest BCUT2D eigenvalue weighted by atomic mass is 9.84. The highest BCUT2D eigenvalue weighted by Gasteiger charge is 2.31. The fraction of sp³-hybridized carbons (Fsp3) is 0.464. The fourth-order valence-corrected chi connectivity index (χ4v) is 4.69. The van der Waals surface area contributed by atoms with Crippen molar-refractivity contribution in [3.05, 3.63) is 65.5 Å². The first kappa shape index (κ1) is 24.9. The van der Waals surface area contributed by atoms with E-state index in [-0.39, 0.29) is 41.9 Å². The van der Waals surface area contributed by atoms with Gasteiger partial charge in [-0.15, -0.1) is 0 Å². The van der Waals surface area contributed by atoms with Crippen LogP contribution in [0.5, 0.6) is 0 Å². The zero-order valence-electron chi connectivity index (χ0n) is 20.2. The summed E-state index contributed by atoms with van der Waals surface area (Å²) < 4.78 is 18.8. The van der Waals surface area contributed by atoms with Gasteiger partial charge in [0.1, 0.15) is 5.82 Å². The van der Waals surface area contributed by atoms with Gasteiger partial charge in [-0.25, -0.2) is 4.39 Å². The number of halogens is 1. The van der Waals surface area contributed by atoms with Gasteiger partial charge in [-0.05, 0) is 68.0 Å². The second-order valence-corrected chi connectivity index (χ2v) is 9.43. The van der Waals surface area contributed by atoms with Gasteiger partial charge < -0.3 is 14.5 Å². The molecule has 0 radical (unpaired) electrons. The lowest BCUT2D eigenvalue weighted by molar-refractivity contribution is -0.151. The molecule has 0 aromatic heterocycles. The third-order valence-corrected chi connectivity index (χ3v) is 7.02. The minimum absolute atomic E-state index is 0.0161. The van der Waals surface area contributed by atoms with E-state index in [2.05, 4.69) is 0 Å². The smallest absolute Gasteiger partial charge is 0.309 e. The molecule has 0 N–H and O–H groups in total. The summed E-state index contributed by atoms with van der Waals surface area (Å²) in [4.78, 5) is 41.4. The molecular formula is C28H33FN2O4. The van der Waals surface area contributed by atoms with Crippen LogP contribution in [-0.4, -0.2) is 42.4 Å². The van der Waals surface area contributed by atoms with Crippen LogP contribution in [0.1, 0.15) is 50.2 Å². The number of ether oxygens (including phenoxy) is 1. The molecule has 1 saturated carbocycles. The van der Waals surface area contributed by atoms with Crippen molar-refractivity contribution in [1.29, 1.82) is 0 Å². The molecule has 2 amide bonds. The Kier molecular flexibility index (Phi) is 8.16. The summed E-state index contributed by atoms with van der Waals surface area (Å²) in [7, 11) is 0. The third-order valence-electron chi connectivity index (χ3n) is 7.02. The second kappa shape index (κ2) is 11.5. The zero-order valence-corrected chi connectivity index (χ0v) is 20.2. The zero-order chi connectivity index (χ0) is 24.8. The molecule has 2 aliphatic rings. The van der Waals surface area contributed by atoms with Crippen LogP contribution in [0.2, 0.25) is 0 Å². The van der Waals surface area contributed by atoms with E-state index in [0.29, 0.717) is 39.1 Å². The van der Waals surface area contributed by atoms with E-state index in [1.54, 1.807) is 22.8 Å². The van der Waals surface area contributed by atoms with Gasteiger partial charge in [-0.2, -0.15) is 0 Å². The third kappa shape index (κ3) is 6.27. The van der Waals surface area contributed by atoms with E-state index >= 15 is 0 Å². The van der Waals surface area contributed by atoms with Crippen LogP contribution in [-0.2, 0) is 32.1 Å². The molecule has 2 aromatic rings. The van der Waals surface area contributed by atoms with Crippen LogP contribution in [0.3, 0.4) is 0 Å². The van der Waals surface area contributed by atoms with Crippen molar-refractivity contribution in [2.45, 2.75) is 52.0 Å². The number of piperidine rings is 1. The molecule has 4 rings (SSSR count). The van der Waals surface area contributed by atoms with Gasteiger partial charge in [0.15, 0.2) is 0 Å². The summed E-state index contributed by atoms with van der Waals surface area (Å²) in [5.74, 6) is -0.512. The molecule has 6 nitrogen and oxygen atoms in total. The van der Waals surface area contributed by atoms with Gasteiger partial charge in [0, 0.05) is 24.7 Å². The molecule has 35 heavy (non-hydrogen) atoms. The first-order valence-electron chi connectivity index (χ1n) is 12.5. The maximum absolute atomic E-state index is 13.7. The van der Waals surface area contributed by atoms with Crippen molar-refractivity contribution in [3.63, 3.8) is 0 Å². The number of nitrogens with zero attached hydrogens (tertiary/aromatic N) is 2. The predicted octanol–water partition coefficient (Wildman–Crippen LogP) is 4.50. The first-order chi connectivity index (χ1) is 16.9. The average Bonchev–Trinajstić information content (AvgIpc) is 2.82. The van der Waals surface area contributed by atoms with Crippen LogP contribution in [0.15, 0.2) is 48.5 Å². The van der Waals surface area contributed by atoms with Crippen molar-refractivity contribution in [1.82, 2.24) is 4.90 Å². The van der Waals surface area contributed by atoms with Crippen molar-refractivity contribution in [2.75, 3.05) is 24.6 Å². The number of carbonyl (C=O) groups is 3. The number of hydrogen-bond acceptors (Lipinski definition) is 4. The molecule has 2 aromatic carbocycles. The van der Waals surface area contributed by atoms with Crippen molar-refractivity contribution in [2.24, 2.45) is 11.8 Å². The molecule has 0 bridgehead atoms. The van der Waals surface area contributed by atoms with Gasteiger partial charge in [-0.3, -0.25) is 14.4 Å². The Hall–Kier alpha value is -3.22. The Morgan fingerprint density at radius 2 is 1.69 bits per heavy atom. The molecule has 0 atom stereocenters. The molecule has 0 unspecified atom stereocenters. The van der Waals surface area contributed by atoms with Crippen LogP contribution >= 0.6 is 0 Å². The van der Waals surface area contributed by atoms with E-state index in [4.69, 9.17) is 4.74 Å². The summed E-state index contributed by atoms with van der Waals surface area (Å²) in [6.45, 7) is 3.59. The number of carbonyl (C=O) groups excluding carboxylic acids is 3. The average molecular weight is 481 g/mol. The van der Waals surface area contributed by atoms with E-state index < -0.39 is 0 Å². The summed E-state index contributed by atoms with van der Waals surface area (Å²) in [6, 6.07) is 13.8. The summed E-state index contributed by atoms with van der Waals surface area (Å²) in [5, 5.41) is 0. The van der Waals surface area contributed by atoms with Crippen molar-refractivity contribution >= 4 is 23.5 Å². The molecule has 7 heteroatoms. The molecule has 1 aliphatic heterocycles. The standard InChI is InChI=1S/C28H33FN2O4/c1-2-35-28(34)23-13-15-30(16-14-23)26(32)18-20-9-11-25(12-10-20)31(27(33)22-6-4-7-22)19-21-5-3-8-24(29)17-21/h3,5,8-12,17,22-23H,2,4,6-7,13-16,18-19H2,1H3. The van der Waals surface area contributed by atoms with Crippen molar-refractivity contribution < 1.29 is 23.5 Å². The summed E-state index contributed by atoms with van der Waals surface area (Å²) in [6.07, 6.45) is 4.35. The highest BCUT2D eigenvalue weighted by Crippen LogP contribution is 2.31. The number of anilines is 1. The summed E-state index contributed by atoms with van der Waals surface area (Å²) in [5.41, 5.74) is 2.36. The monoisotopic (exact) mass is 480 g/mol. The first-order valence-corrected chi connectivity index (χ1v) is 12.5. The maximum Gasteiger partial charge on any atom is 0.309 e. The Bertz CT molecular complexity index is 1040. The van der Waals surface area contributed by atoms with E-state index in [9.17, 15) is 18.8 Å². The van der Waals surface area contributed by atoms with Gasteiger partial charge in [0.05, 0.1) is 25.5 Å². The highest BCUT2D eigenvalue weighted by molar-refractivity contribution is 5.95. The minimum Gasteiger partial charge on any atom is -0.466 e. The molecule has 1 saturated heterocycles. The Morgan fingerprint density at radius 3 is 2.29 bits per heavy atom. The Labute approximate surface area is 206 Å². The number of benzene rings is 2. The summed E-state index contributed by atoms with van der Waals surface area (Å²) >= 11 is 0. The Morgan fingerprint density at radius 1 is 0.971 bits per heavy atom.